The van der Waals surface area contributed by atoms with Crippen molar-refractivity contribution in [2.45, 2.75) is 43.7 Å². The van der Waals surface area contributed by atoms with Gasteiger partial charge in [0.05, 0.1) is 16.8 Å². The Labute approximate surface area is 120 Å². The van der Waals surface area contributed by atoms with Gasteiger partial charge < -0.3 is 16.2 Å². The fourth-order valence-corrected chi connectivity index (χ4v) is 2.33. The summed E-state index contributed by atoms with van der Waals surface area (Å²) in [4.78, 5) is 0.0339. The number of anilines is 2. The number of nitrogen functional groups attached to an aromatic ring is 1. The van der Waals surface area contributed by atoms with E-state index in [9.17, 15) is 13.5 Å². The molecule has 0 fully saturated rings. The highest BCUT2D eigenvalue weighted by Crippen LogP contribution is 2.28. The number of benzene rings is 1. The molecule has 7 heteroatoms. The minimum Gasteiger partial charge on any atom is -0.398 e. The smallest absolute Gasteiger partial charge is 0.242 e. The van der Waals surface area contributed by atoms with Gasteiger partial charge in [0.1, 0.15) is 4.90 Å². The quantitative estimate of drug-likeness (QED) is 0.610. The second-order valence-corrected chi connectivity index (χ2v) is 7.62. The second kappa shape index (κ2) is 5.23. The zero-order valence-corrected chi connectivity index (χ0v) is 13.3. The van der Waals surface area contributed by atoms with Gasteiger partial charge >= 0.3 is 0 Å². The van der Waals surface area contributed by atoms with Gasteiger partial charge in [0.2, 0.25) is 10.0 Å². The van der Waals surface area contributed by atoms with Gasteiger partial charge in [-0.15, -0.1) is 0 Å². The largest absolute Gasteiger partial charge is 0.398 e. The van der Waals surface area contributed by atoms with Crippen LogP contribution in [0.1, 0.15) is 27.7 Å². The maximum atomic E-state index is 11.7. The molecule has 0 aromatic heterocycles. The molecule has 114 valence electrons. The van der Waals surface area contributed by atoms with Crippen LogP contribution in [0.2, 0.25) is 0 Å². The monoisotopic (exact) mass is 301 g/mol. The van der Waals surface area contributed by atoms with Crippen LogP contribution in [0.15, 0.2) is 23.1 Å². The Bertz CT molecular complexity index is 589. The molecule has 1 aromatic carbocycles. The van der Waals surface area contributed by atoms with E-state index in [1.165, 1.54) is 19.2 Å². The summed E-state index contributed by atoms with van der Waals surface area (Å²) in [7, 11) is -2.24. The van der Waals surface area contributed by atoms with Crippen LogP contribution in [0.3, 0.4) is 0 Å². The van der Waals surface area contributed by atoms with Crippen LogP contribution in [0, 0.1) is 0 Å². The molecule has 0 unspecified atom stereocenters. The van der Waals surface area contributed by atoms with E-state index in [1.54, 1.807) is 19.9 Å². The summed E-state index contributed by atoms with van der Waals surface area (Å²) >= 11 is 0. The molecular weight excluding hydrogens is 278 g/mol. The van der Waals surface area contributed by atoms with Crippen LogP contribution < -0.4 is 15.8 Å². The number of rotatable bonds is 5. The van der Waals surface area contributed by atoms with E-state index >= 15 is 0 Å². The van der Waals surface area contributed by atoms with Crippen LogP contribution in [-0.4, -0.2) is 31.7 Å². The third kappa shape index (κ3) is 3.41. The van der Waals surface area contributed by atoms with Crippen LogP contribution in [-0.2, 0) is 10.0 Å². The van der Waals surface area contributed by atoms with E-state index in [4.69, 9.17) is 5.73 Å². The maximum absolute atomic E-state index is 11.7. The minimum absolute atomic E-state index is 0.0339. The first-order chi connectivity index (χ1) is 8.90. The zero-order valence-electron chi connectivity index (χ0n) is 12.5. The van der Waals surface area contributed by atoms with Crippen LogP contribution in [0.4, 0.5) is 11.4 Å². The van der Waals surface area contributed by atoms with Crippen LogP contribution in [0.5, 0.6) is 0 Å². The van der Waals surface area contributed by atoms with Crippen molar-refractivity contribution in [3.05, 3.63) is 18.2 Å². The predicted molar refractivity (Wildman–Crippen MR) is 81.1 cm³/mol. The molecular formula is C13H23N3O3S. The maximum Gasteiger partial charge on any atom is 0.242 e. The number of sulfonamides is 1. The van der Waals surface area contributed by atoms with Gasteiger partial charge in [-0.25, -0.2) is 13.1 Å². The van der Waals surface area contributed by atoms with Crippen molar-refractivity contribution in [3.63, 3.8) is 0 Å². The van der Waals surface area contributed by atoms with Gasteiger partial charge in [-0.2, -0.15) is 0 Å². The lowest BCUT2D eigenvalue weighted by molar-refractivity contribution is 0.0240. The fraction of sp³-hybridized carbons (Fsp3) is 0.538. The summed E-state index contributed by atoms with van der Waals surface area (Å²) in [5.74, 6) is 0. The van der Waals surface area contributed by atoms with Crippen molar-refractivity contribution in [2.24, 2.45) is 0 Å². The lowest BCUT2D eigenvalue weighted by Gasteiger charge is -2.39. The van der Waals surface area contributed by atoms with Gasteiger partial charge in [0, 0.05) is 5.69 Å². The van der Waals surface area contributed by atoms with Crippen LogP contribution >= 0.6 is 0 Å². The predicted octanol–water partition coefficient (Wildman–Crippen LogP) is 1.14. The Balaban J connectivity index is 3.12. The van der Waals surface area contributed by atoms with Crippen molar-refractivity contribution in [1.29, 1.82) is 0 Å². The first-order valence-corrected chi connectivity index (χ1v) is 7.73. The Morgan fingerprint density at radius 3 is 2.15 bits per heavy atom. The molecule has 0 bridgehead atoms. The summed E-state index contributed by atoms with van der Waals surface area (Å²) in [5.41, 5.74) is 5.01. The second-order valence-electron chi connectivity index (χ2n) is 5.77. The van der Waals surface area contributed by atoms with Gasteiger partial charge in [0.15, 0.2) is 0 Å². The Morgan fingerprint density at radius 2 is 1.75 bits per heavy atom. The number of hydrogen-bond acceptors (Lipinski definition) is 5. The molecule has 20 heavy (non-hydrogen) atoms. The van der Waals surface area contributed by atoms with Crippen molar-refractivity contribution in [2.75, 3.05) is 18.1 Å². The summed E-state index contributed by atoms with van der Waals surface area (Å²) < 4.78 is 25.7. The molecule has 1 rings (SSSR count). The Hall–Kier alpha value is -1.31. The van der Waals surface area contributed by atoms with Crippen molar-refractivity contribution < 1.29 is 13.5 Å². The molecule has 0 aliphatic carbocycles. The van der Waals surface area contributed by atoms with E-state index < -0.39 is 21.2 Å². The molecule has 0 radical (unpaired) electrons. The highest BCUT2D eigenvalue weighted by Gasteiger charge is 2.35. The average molecular weight is 301 g/mol. The normalized spacial score (nSPS) is 13.3. The molecule has 1 aromatic rings. The van der Waals surface area contributed by atoms with E-state index in [0.717, 1.165) is 0 Å². The Kier molecular flexibility index (Phi) is 4.38. The molecule has 0 aliphatic heterocycles. The molecule has 5 N–H and O–H groups in total. The molecule has 0 atom stereocenters. The Morgan fingerprint density at radius 1 is 1.20 bits per heavy atom. The van der Waals surface area contributed by atoms with E-state index in [0.29, 0.717) is 5.69 Å². The van der Waals surface area contributed by atoms with Crippen molar-refractivity contribution >= 4 is 21.4 Å². The SMILES string of the molecule is CNS(=O)(=O)c1ccc(NC(C)(C)C(C)(C)O)cc1N. The average Bonchev–Trinajstić information content (AvgIpc) is 2.26. The zero-order chi connectivity index (χ0) is 15.8. The molecule has 0 spiro atoms. The summed E-state index contributed by atoms with van der Waals surface area (Å²) in [6.07, 6.45) is 0. The summed E-state index contributed by atoms with van der Waals surface area (Å²) in [6.45, 7) is 7.09. The fourth-order valence-electron chi connectivity index (χ4n) is 1.49. The van der Waals surface area contributed by atoms with Crippen LogP contribution in [0.25, 0.3) is 0 Å². The lowest BCUT2D eigenvalue weighted by atomic mass is 9.86. The third-order valence-electron chi connectivity index (χ3n) is 3.55. The first kappa shape index (κ1) is 16.7. The van der Waals surface area contributed by atoms with Gasteiger partial charge in [0.25, 0.3) is 0 Å². The minimum atomic E-state index is -3.57. The van der Waals surface area contributed by atoms with E-state index in [-0.39, 0.29) is 10.6 Å². The summed E-state index contributed by atoms with van der Waals surface area (Å²) in [6, 6.07) is 4.59. The summed E-state index contributed by atoms with van der Waals surface area (Å²) in [5, 5.41) is 13.2. The van der Waals surface area contributed by atoms with Crippen molar-refractivity contribution in [3.8, 4) is 0 Å². The van der Waals surface area contributed by atoms with Gasteiger partial charge in [-0.1, -0.05) is 0 Å². The lowest BCUT2D eigenvalue weighted by Crippen LogP contribution is -2.51. The number of hydrogen-bond donors (Lipinski definition) is 4. The topological polar surface area (TPSA) is 104 Å². The van der Waals surface area contributed by atoms with Crippen molar-refractivity contribution in [1.82, 2.24) is 4.72 Å². The van der Waals surface area contributed by atoms with E-state index in [2.05, 4.69) is 10.0 Å². The molecule has 0 saturated heterocycles. The van der Waals surface area contributed by atoms with E-state index in [1.807, 2.05) is 13.8 Å². The third-order valence-corrected chi connectivity index (χ3v) is 5.04. The number of nitrogens with one attached hydrogen (secondary N) is 2. The highest BCUT2D eigenvalue weighted by atomic mass is 32.2. The molecule has 0 amide bonds. The molecule has 0 heterocycles. The molecule has 6 nitrogen and oxygen atoms in total. The standard InChI is InChI=1S/C13H23N3O3S/c1-12(2,13(3,4)17)16-9-6-7-11(10(14)8-9)20(18,19)15-5/h6-8,15-17H,14H2,1-5H3. The number of aliphatic hydroxyl groups is 1. The van der Waals surface area contributed by atoms with Gasteiger partial charge in [-0.05, 0) is 52.9 Å². The first-order valence-electron chi connectivity index (χ1n) is 6.24. The highest BCUT2D eigenvalue weighted by molar-refractivity contribution is 7.89. The molecule has 0 aliphatic rings. The number of nitrogens with two attached hydrogens (primary N) is 1. The molecule has 0 saturated carbocycles. The van der Waals surface area contributed by atoms with Gasteiger partial charge in [-0.3, -0.25) is 0 Å².